The third-order valence-electron chi connectivity index (χ3n) is 3.03. The number of benzene rings is 1. The highest BCUT2D eigenvalue weighted by atomic mass is 16.2. The predicted octanol–water partition coefficient (Wildman–Crippen LogP) is 1.21. The van der Waals surface area contributed by atoms with Crippen molar-refractivity contribution < 1.29 is 9.59 Å². The van der Waals surface area contributed by atoms with Crippen LogP contribution in [0, 0.1) is 0 Å². The summed E-state index contributed by atoms with van der Waals surface area (Å²) < 4.78 is 0. The molecule has 0 saturated heterocycles. The Morgan fingerprint density at radius 3 is 2.32 bits per heavy atom. The lowest BCUT2D eigenvalue weighted by Gasteiger charge is -2.08. The smallest absolute Gasteiger partial charge is 0.269 e. The summed E-state index contributed by atoms with van der Waals surface area (Å²) in [6, 6.07) is 12.1. The van der Waals surface area contributed by atoms with Crippen LogP contribution in [0.3, 0.4) is 0 Å². The first-order valence-electron chi connectivity index (χ1n) is 7.00. The van der Waals surface area contributed by atoms with Crippen LogP contribution >= 0.6 is 0 Å². The van der Waals surface area contributed by atoms with Crippen molar-refractivity contribution in [3.05, 3.63) is 59.9 Å². The zero-order chi connectivity index (χ0) is 15.8. The molecule has 0 bridgehead atoms. The number of nitrogens with two attached hydrogens (primary N) is 1. The molecule has 0 atom stereocenters. The van der Waals surface area contributed by atoms with E-state index >= 15 is 0 Å². The van der Waals surface area contributed by atoms with Crippen molar-refractivity contribution in [2.24, 2.45) is 0 Å². The van der Waals surface area contributed by atoms with E-state index in [0.29, 0.717) is 36.5 Å². The first-order chi connectivity index (χ1) is 10.7. The Morgan fingerprint density at radius 2 is 1.64 bits per heavy atom. The quantitative estimate of drug-likeness (QED) is 0.551. The number of anilines is 1. The van der Waals surface area contributed by atoms with Gasteiger partial charge in [0.05, 0.1) is 5.56 Å². The SMILES string of the molecule is Nc1ccccc1C(=O)NCCCNC(=O)c1ccccn1. The highest BCUT2D eigenvalue weighted by Crippen LogP contribution is 2.09. The van der Waals surface area contributed by atoms with E-state index in [-0.39, 0.29) is 11.8 Å². The molecule has 0 saturated carbocycles. The average Bonchev–Trinajstić information content (AvgIpc) is 2.55. The van der Waals surface area contributed by atoms with Crippen molar-refractivity contribution in [1.29, 1.82) is 0 Å². The van der Waals surface area contributed by atoms with Crippen LogP contribution < -0.4 is 16.4 Å². The molecule has 0 aliphatic rings. The molecule has 0 aliphatic heterocycles. The minimum atomic E-state index is -0.223. The molecule has 114 valence electrons. The first kappa shape index (κ1) is 15.5. The van der Waals surface area contributed by atoms with Gasteiger partial charge in [0.1, 0.15) is 5.69 Å². The van der Waals surface area contributed by atoms with E-state index in [9.17, 15) is 9.59 Å². The van der Waals surface area contributed by atoms with E-state index in [4.69, 9.17) is 5.73 Å². The van der Waals surface area contributed by atoms with Gasteiger partial charge in [-0.25, -0.2) is 0 Å². The standard InChI is InChI=1S/C16H18N4O2/c17-13-7-2-1-6-12(13)15(21)19-10-5-11-20-16(22)14-8-3-4-9-18-14/h1-4,6-9H,5,10-11,17H2,(H,19,21)(H,20,22). The fourth-order valence-electron chi connectivity index (χ4n) is 1.88. The number of nitrogen functional groups attached to an aromatic ring is 1. The molecule has 0 spiro atoms. The molecule has 4 N–H and O–H groups in total. The Balaban J connectivity index is 1.69. The number of nitrogens with zero attached hydrogens (tertiary/aromatic N) is 1. The molecular weight excluding hydrogens is 280 g/mol. The molecule has 0 radical (unpaired) electrons. The predicted molar refractivity (Wildman–Crippen MR) is 84.4 cm³/mol. The lowest BCUT2D eigenvalue weighted by atomic mass is 10.1. The molecule has 2 rings (SSSR count). The normalized spacial score (nSPS) is 10.0. The summed E-state index contributed by atoms with van der Waals surface area (Å²) in [5, 5.41) is 5.51. The van der Waals surface area contributed by atoms with Crippen molar-refractivity contribution in [2.75, 3.05) is 18.8 Å². The topological polar surface area (TPSA) is 97.1 Å². The van der Waals surface area contributed by atoms with Crippen molar-refractivity contribution in [3.8, 4) is 0 Å². The monoisotopic (exact) mass is 298 g/mol. The number of carbonyl (C=O) groups is 2. The van der Waals surface area contributed by atoms with Crippen molar-refractivity contribution in [2.45, 2.75) is 6.42 Å². The summed E-state index contributed by atoms with van der Waals surface area (Å²) >= 11 is 0. The van der Waals surface area contributed by atoms with Gasteiger partial charge in [-0.15, -0.1) is 0 Å². The Bertz CT molecular complexity index is 644. The summed E-state index contributed by atoms with van der Waals surface area (Å²) in [4.78, 5) is 27.6. The highest BCUT2D eigenvalue weighted by molar-refractivity contribution is 5.99. The maximum atomic E-state index is 11.9. The summed E-state index contributed by atoms with van der Waals surface area (Å²) in [6.45, 7) is 0.912. The van der Waals surface area contributed by atoms with E-state index in [0.717, 1.165) is 0 Å². The van der Waals surface area contributed by atoms with Crippen LogP contribution in [0.5, 0.6) is 0 Å². The van der Waals surface area contributed by atoms with Crippen LogP contribution in [-0.2, 0) is 0 Å². The third-order valence-corrected chi connectivity index (χ3v) is 3.03. The summed E-state index contributed by atoms with van der Waals surface area (Å²) in [6.07, 6.45) is 2.19. The molecule has 1 aromatic carbocycles. The van der Waals surface area contributed by atoms with E-state index in [1.54, 1.807) is 48.7 Å². The molecule has 2 aromatic rings. The number of hydrogen-bond donors (Lipinski definition) is 3. The van der Waals surface area contributed by atoms with Gasteiger partial charge in [0.25, 0.3) is 11.8 Å². The number of hydrogen-bond acceptors (Lipinski definition) is 4. The van der Waals surface area contributed by atoms with Crippen LogP contribution in [-0.4, -0.2) is 29.9 Å². The Hall–Kier alpha value is -2.89. The van der Waals surface area contributed by atoms with Crippen LogP contribution in [0.4, 0.5) is 5.69 Å². The number of nitrogens with one attached hydrogen (secondary N) is 2. The Morgan fingerprint density at radius 1 is 0.955 bits per heavy atom. The number of carbonyl (C=O) groups excluding carboxylic acids is 2. The molecule has 2 amide bonds. The van der Waals surface area contributed by atoms with Crippen LogP contribution in [0.15, 0.2) is 48.7 Å². The van der Waals surface area contributed by atoms with Gasteiger partial charge in [0.15, 0.2) is 0 Å². The van der Waals surface area contributed by atoms with Crippen molar-refractivity contribution in [3.63, 3.8) is 0 Å². The molecule has 6 nitrogen and oxygen atoms in total. The molecule has 1 aromatic heterocycles. The zero-order valence-corrected chi connectivity index (χ0v) is 12.1. The van der Waals surface area contributed by atoms with Gasteiger partial charge in [0, 0.05) is 25.0 Å². The van der Waals surface area contributed by atoms with E-state index in [2.05, 4.69) is 15.6 Å². The second-order valence-electron chi connectivity index (χ2n) is 4.67. The number of para-hydroxylation sites is 1. The lowest BCUT2D eigenvalue weighted by Crippen LogP contribution is -2.30. The molecule has 22 heavy (non-hydrogen) atoms. The molecule has 0 fully saturated rings. The van der Waals surface area contributed by atoms with E-state index in [1.165, 1.54) is 0 Å². The highest BCUT2D eigenvalue weighted by Gasteiger charge is 2.08. The Kier molecular flexibility index (Phi) is 5.48. The van der Waals surface area contributed by atoms with Crippen LogP contribution in [0.1, 0.15) is 27.3 Å². The Labute approximate surface area is 128 Å². The molecule has 1 heterocycles. The molecule has 0 unspecified atom stereocenters. The lowest BCUT2D eigenvalue weighted by molar-refractivity contribution is 0.0948. The van der Waals surface area contributed by atoms with Gasteiger partial charge in [-0.3, -0.25) is 14.6 Å². The van der Waals surface area contributed by atoms with Crippen LogP contribution in [0.2, 0.25) is 0 Å². The number of amides is 2. The number of aromatic nitrogens is 1. The second kappa shape index (κ2) is 7.78. The van der Waals surface area contributed by atoms with Crippen molar-refractivity contribution in [1.82, 2.24) is 15.6 Å². The molecule has 0 aliphatic carbocycles. The number of pyridine rings is 1. The first-order valence-corrected chi connectivity index (χ1v) is 7.00. The van der Waals surface area contributed by atoms with Gasteiger partial charge in [0.2, 0.25) is 0 Å². The van der Waals surface area contributed by atoms with Gasteiger partial charge in [-0.05, 0) is 30.7 Å². The van der Waals surface area contributed by atoms with E-state index < -0.39 is 0 Å². The average molecular weight is 298 g/mol. The van der Waals surface area contributed by atoms with Gasteiger partial charge in [-0.2, -0.15) is 0 Å². The maximum absolute atomic E-state index is 11.9. The van der Waals surface area contributed by atoms with Crippen LogP contribution in [0.25, 0.3) is 0 Å². The minimum absolute atomic E-state index is 0.214. The summed E-state index contributed by atoms with van der Waals surface area (Å²) in [5.74, 6) is -0.437. The number of rotatable bonds is 6. The minimum Gasteiger partial charge on any atom is -0.398 e. The third kappa shape index (κ3) is 4.31. The van der Waals surface area contributed by atoms with Crippen molar-refractivity contribution >= 4 is 17.5 Å². The molecule has 6 heteroatoms. The van der Waals surface area contributed by atoms with Gasteiger partial charge < -0.3 is 16.4 Å². The van der Waals surface area contributed by atoms with Gasteiger partial charge >= 0.3 is 0 Å². The second-order valence-corrected chi connectivity index (χ2v) is 4.67. The summed E-state index contributed by atoms with van der Waals surface area (Å²) in [7, 11) is 0. The van der Waals surface area contributed by atoms with Gasteiger partial charge in [-0.1, -0.05) is 18.2 Å². The zero-order valence-electron chi connectivity index (χ0n) is 12.1. The summed E-state index contributed by atoms with van der Waals surface area (Å²) in [5.41, 5.74) is 7.02. The van der Waals surface area contributed by atoms with E-state index in [1.807, 2.05) is 0 Å². The fraction of sp³-hybridized carbons (Fsp3) is 0.188. The molecular formula is C16H18N4O2. The fourth-order valence-corrected chi connectivity index (χ4v) is 1.88. The largest absolute Gasteiger partial charge is 0.398 e. The maximum Gasteiger partial charge on any atom is 0.269 e.